The number of piperazine rings is 1. The maximum Gasteiger partial charge on any atom is 0.321 e. The Morgan fingerprint density at radius 1 is 0.903 bits per heavy atom. The van der Waals surface area contributed by atoms with E-state index in [0.717, 1.165) is 23.0 Å². The van der Waals surface area contributed by atoms with Gasteiger partial charge >= 0.3 is 6.03 Å². The Bertz CT molecular complexity index is 1050. The van der Waals surface area contributed by atoms with Gasteiger partial charge in [-0.05, 0) is 50.2 Å². The molecule has 8 heteroatoms. The average molecular weight is 437 g/mol. The zero-order chi connectivity index (χ0) is 21.8. The number of hydrogen-bond acceptors (Lipinski definition) is 5. The number of nitrogens with one attached hydrogen (secondary N) is 2. The summed E-state index contributed by atoms with van der Waals surface area (Å²) in [5.74, 6) is 2.32. The third kappa shape index (κ3) is 5.44. The van der Waals surface area contributed by atoms with Gasteiger partial charge in [-0.25, -0.2) is 14.8 Å². The van der Waals surface area contributed by atoms with Crippen LogP contribution in [0.3, 0.4) is 0 Å². The van der Waals surface area contributed by atoms with E-state index < -0.39 is 0 Å². The first-order valence-corrected chi connectivity index (χ1v) is 10.6. The van der Waals surface area contributed by atoms with Crippen LogP contribution in [0.5, 0.6) is 0 Å². The number of hydrogen-bond donors (Lipinski definition) is 2. The Kier molecular flexibility index (Phi) is 6.23. The quantitative estimate of drug-likeness (QED) is 0.611. The molecule has 2 amide bonds. The molecule has 1 fully saturated rings. The lowest BCUT2D eigenvalue weighted by atomic mass is 10.2. The number of carbonyl (C=O) groups excluding carboxylic acids is 1. The second-order valence-corrected chi connectivity index (χ2v) is 8.00. The van der Waals surface area contributed by atoms with Crippen molar-refractivity contribution in [3.8, 4) is 0 Å². The van der Waals surface area contributed by atoms with Crippen LogP contribution in [0.15, 0.2) is 54.6 Å². The number of benzene rings is 2. The van der Waals surface area contributed by atoms with Crippen LogP contribution in [0.2, 0.25) is 5.02 Å². The van der Waals surface area contributed by atoms with Crippen LogP contribution >= 0.6 is 11.6 Å². The van der Waals surface area contributed by atoms with Gasteiger partial charge in [0.1, 0.15) is 17.5 Å². The second-order valence-electron chi connectivity index (χ2n) is 7.56. The van der Waals surface area contributed by atoms with Crippen LogP contribution in [0.25, 0.3) is 0 Å². The number of carbonyl (C=O) groups is 1. The molecule has 1 aliphatic heterocycles. The summed E-state index contributed by atoms with van der Waals surface area (Å²) in [5, 5.41) is 6.91. The molecule has 0 spiro atoms. The Morgan fingerprint density at radius 3 is 2.23 bits per heavy atom. The van der Waals surface area contributed by atoms with Crippen LogP contribution in [-0.2, 0) is 0 Å². The van der Waals surface area contributed by atoms with E-state index in [0.29, 0.717) is 37.0 Å². The van der Waals surface area contributed by atoms with Gasteiger partial charge in [0.05, 0.1) is 0 Å². The van der Waals surface area contributed by atoms with Crippen LogP contribution in [-0.4, -0.2) is 47.1 Å². The van der Waals surface area contributed by atoms with Gasteiger partial charge < -0.3 is 20.4 Å². The van der Waals surface area contributed by atoms with E-state index in [4.69, 9.17) is 11.6 Å². The van der Waals surface area contributed by atoms with Gasteiger partial charge in [-0.3, -0.25) is 0 Å². The molecule has 31 heavy (non-hydrogen) atoms. The molecular formula is C23H25ClN6O. The summed E-state index contributed by atoms with van der Waals surface area (Å²) in [6, 6.07) is 17.1. The normalized spacial score (nSPS) is 13.8. The highest BCUT2D eigenvalue weighted by Gasteiger charge is 2.22. The monoisotopic (exact) mass is 436 g/mol. The minimum atomic E-state index is -0.109. The molecule has 0 saturated carbocycles. The number of amides is 2. The van der Waals surface area contributed by atoms with Crippen molar-refractivity contribution < 1.29 is 4.79 Å². The van der Waals surface area contributed by atoms with Crippen molar-refractivity contribution in [2.75, 3.05) is 41.7 Å². The van der Waals surface area contributed by atoms with Gasteiger partial charge in [0.15, 0.2) is 0 Å². The first-order chi connectivity index (χ1) is 15.0. The van der Waals surface area contributed by atoms with Crippen LogP contribution in [0.4, 0.5) is 27.8 Å². The van der Waals surface area contributed by atoms with Gasteiger partial charge in [-0.15, -0.1) is 0 Å². The van der Waals surface area contributed by atoms with E-state index in [2.05, 4.69) is 44.6 Å². The van der Waals surface area contributed by atoms with E-state index in [1.165, 1.54) is 5.56 Å². The second kappa shape index (κ2) is 9.22. The highest BCUT2D eigenvalue weighted by atomic mass is 35.5. The Morgan fingerprint density at radius 2 is 1.55 bits per heavy atom. The molecule has 2 aromatic carbocycles. The SMILES string of the molecule is Cc1ccc(Nc2cc(N3CCN(C(=O)Nc4ccc(Cl)cc4)CC3)nc(C)n2)cc1. The molecule has 7 nitrogen and oxygen atoms in total. The minimum Gasteiger partial charge on any atom is -0.353 e. The first kappa shape index (κ1) is 20.9. The third-order valence-electron chi connectivity index (χ3n) is 5.13. The Hall–Kier alpha value is -3.32. The molecule has 0 aliphatic carbocycles. The van der Waals surface area contributed by atoms with E-state index in [-0.39, 0.29) is 6.03 Å². The van der Waals surface area contributed by atoms with E-state index in [1.807, 2.05) is 30.0 Å². The predicted octanol–water partition coefficient (Wildman–Crippen LogP) is 4.84. The van der Waals surface area contributed by atoms with Gasteiger partial charge in [-0.1, -0.05) is 29.3 Å². The standard InChI is InChI=1S/C23H25ClN6O/c1-16-3-7-19(8-4-16)27-21-15-22(26-17(2)25-21)29-11-13-30(14-12-29)23(31)28-20-9-5-18(24)6-10-20/h3-10,15H,11-14H2,1-2H3,(H,28,31)(H,25,26,27). The predicted molar refractivity (Wildman–Crippen MR) is 125 cm³/mol. The summed E-state index contributed by atoms with van der Waals surface area (Å²) in [7, 11) is 0. The summed E-state index contributed by atoms with van der Waals surface area (Å²) in [5.41, 5.74) is 2.93. The Balaban J connectivity index is 1.37. The molecule has 0 bridgehead atoms. The molecular weight excluding hydrogens is 412 g/mol. The van der Waals surface area contributed by atoms with E-state index >= 15 is 0 Å². The van der Waals surface area contributed by atoms with Gasteiger partial charge in [0.2, 0.25) is 0 Å². The van der Waals surface area contributed by atoms with Crippen molar-refractivity contribution in [1.29, 1.82) is 0 Å². The zero-order valence-electron chi connectivity index (χ0n) is 17.6. The van der Waals surface area contributed by atoms with Crippen molar-refractivity contribution in [1.82, 2.24) is 14.9 Å². The molecule has 4 rings (SSSR count). The number of nitrogens with zero attached hydrogens (tertiary/aromatic N) is 4. The highest BCUT2D eigenvalue weighted by molar-refractivity contribution is 6.30. The average Bonchev–Trinajstić information content (AvgIpc) is 2.77. The summed E-state index contributed by atoms with van der Waals surface area (Å²) >= 11 is 5.90. The van der Waals surface area contributed by atoms with E-state index in [1.54, 1.807) is 24.3 Å². The maximum atomic E-state index is 12.6. The van der Waals surface area contributed by atoms with Crippen LogP contribution in [0.1, 0.15) is 11.4 Å². The zero-order valence-corrected chi connectivity index (χ0v) is 18.4. The number of halogens is 1. The summed E-state index contributed by atoms with van der Waals surface area (Å²) in [4.78, 5) is 25.7. The Labute approximate surface area is 187 Å². The largest absolute Gasteiger partial charge is 0.353 e. The lowest BCUT2D eigenvalue weighted by Crippen LogP contribution is -2.50. The number of aryl methyl sites for hydroxylation is 2. The smallest absolute Gasteiger partial charge is 0.321 e. The fourth-order valence-electron chi connectivity index (χ4n) is 3.44. The third-order valence-corrected chi connectivity index (χ3v) is 5.39. The molecule has 1 saturated heterocycles. The fourth-order valence-corrected chi connectivity index (χ4v) is 3.56. The summed E-state index contributed by atoms with van der Waals surface area (Å²) in [6.07, 6.45) is 0. The maximum absolute atomic E-state index is 12.6. The highest BCUT2D eigenvalue weighted by Crippen LogP contribution is 2.22. The van der Waals surface area contributed by atoms with Crippen molar-refractivity contribution in [3.63, 3.8) is 0 Å². The first-order valence-electron chi connectivity index (χ1n) is 10.2. The number of aromatic nitrogens is 2. The molecule has 0 atom stereocenters. The van der Waals surface area contributed by atoms with Crippen molar-refractivity contribution in [2.24, 2.45) is 0 Å². The van der Waals surface area contributed by atoms with Crippen LogP contribution < -0.4 is 15.5 Å². The summed E-state index contributed by atoms with van der Waals surface area (Å²) in [6.45, 7) is 6.58. The van der Waals surface area contributed by atoms with Crippen molar-refractivity contribution >= 4 is 40.6 Å². The molecule has 160 valence electrons. The molecule has 1 aliphatic rings. The number of urea groups is 1. The molecule has 0 radical (unpaired) electrons. The lowest BCUT2D eigenvalue weighted by molar-refractivity contribution is 0.208. The fraction of sp³-hybridized carbons (Fsp3) is 0.261. The van der Waals surface area contributed by atoms with Gasteiger partial charge in [0, 0.05) is 48.6 Å². The van der Waals surface area contributed by atoms with Gasteiger partial charge in [-0.2, -0.15) is 0 Å². The van der Waals surface area contributed by atoms with Gasteiger partial charge in [0.25, 0.3) is 0 Å². The lowest BCUT2D eigenvalue weighted by Gasteiger charge is -2.35. The number of rotatable bonds is 4. The molecule has 0 unspecified atom stereocenters. The van der Waals surface area contributed by atoms with E-state index in [9.17, 15) is 4.79 Å². The minimum absolute atomic E-state index is 0.109. The molecule has 1 aromatic heterocycles. The van der Waals surface area contributed by atoms with Crippen molar-refractivity contribution in [2.45, 2.75) is 13.8 Å². The molecule has 2 heterocycles. The van der Waals surface area contributed by atoms with Crippen LogP contribution in [0, 0.1) is 13.8 Å². The summed E-state index contributed by atoms with van der Waals surface area (Å²) < 4.78 is 0. The topological polar surface area (TPSA) is 73.4 Å². The molecule has 3 aromatic rings. The molecule has 2 N–H and O–H groups in total. The van der Waals surface area contributed by atoms with Crippen molar-refractivity contribution in [3.05, 3.63) is 71.0 Å². The number of anilines is 4.